The van der Waals surface area contributed by atoms with E-state index in [1.54, 1.807) is 7.11 Å². The summed E-state index contributed by atoms with van der Waals surface area (Å²) in [5.41, 5.74) is 6.74. The van der Waals surface area contributed by atoms with Gasteiger partial charge in [0.2, 0.25) is 0 Å². The molecule has 4 nitrogen and oxygen atoms in total. The zero-order valence-corrected chi connectivity index (χ0v) is 11.9. The van der Waals surface area contributed by atoms with Gasteiger partial charge in [-0.25, -0.2) is 4.98 Å². The summed E-state index contributed by atoms with van der Waals surface area (Å²) < 4.78 is 5.28. The molecule has 2 N–H and O–H groups in total. The van der Waals surface area contributed by atoms with Gasteiger partial charge >= 0.3 is 0 Å². The highest BCUT2D eigenvalue weighted by Crippen LogP contribution is 2.30. The van der Waals surface area contributed by atoms with Crippen LogP contribution in [0.3, 0.4) is 0 Å². The van der Waals surface area contributed by atoms with E-state index in [4.69, 9.17) is 15.5 Å². The number of nitrogens with two attached hydrogens (primary N) is 1. The summed E-state index contributed by atoms with van der Waals surface area (Å²) in [6.45, 7) is 3.36. The summed E-state index contributed by atoms with van der Waals surface area (Å²) in [6, 6.07) is 10.5. The Bertz CT molecular complexity index is 599. The van der Waals surface area contributed by atoms with E-state index in [-0.39, 0.29) is 0 Å². The Morgan fingerprint density at radius 3 is 3.05 bits per heavy atom. The molecule has 1 aromatic carbocycles. The summed E-state index contributed by atoms with van der Waals surface area (Å²) in [6.07, 6.45) is 1.16. The number of aromatic nitrogens is 1. The SMILES string of the molecule is COCC1CCN(c2nc(CN)cc3ccccc23)C1. The Hall–Kier alpha value is -1.65. The average molecular weight is 271 g/mol. The van der Waals surface area contributed by atoms with Crippen molar-refractivity contribution in [1.29, 1.82) is 0 Å². The summed E-state index contributed by atoms with van der Waals surface area (Å²) >= 11 is 0. The fraction of sp³-hybridized carbons (Fsp3) is 0.438. The van der Waals surface area contributed by atoms with E-state index >= 15 is 0 Å². The second-order valence-electron chi connectivity index (χ2n) is 5.42. The first-order valence-electron chi connectivity index (χ1n) is 7.14. The molecular weight excluding hydrogens is 250 g/mol. The van der Waals surface area contributed by atoms with Gasteiger partial charge in [-0.15, -0.1) is 0 Å². The average Bonchev–Trinajstić information content (AvgIpc) is 2.95. The monoisotopic (exact) mass is 271 g/mol. The number of hydrogen-bond acceptors (Lipinski definition) is 4. The second-order valence-corrected chi connectivity index (χ2v) is 5.42. The van der Waals surface area contributed by atoms with Crippen LogP contribution in [0.25, 0.3) is 10.8 Å². The van der Waals surface area contributed by atoms with Crippen LogP contribution in [0.15, 0.2) is 30.3 Å². The zero-order chi connectivity index (χ0) is 13.9. The molecule has 2 heterocycles. The van der Waals surface area contributed by atoms with E-state index in [1.807, 2.05) is 0 Å². The smallest absolute Gasteiger partial charge is 0.136 e. The molecule has 1 saturated heterocycles. The first-order chi connectivity index (χ1) is 9.81. The molecule has 1 aliphatic heterocycles. The zero-order valence-electron chi connectivity index (χ0n) is 11.9. The molecule has 20 heavy (non-hydrogen) atoms. The lowest BCUT2D eigenvalue weighted by Gasteiger charge is -2.20. The molecule has 1 unspecified atom stereocenters. The predicted octanol–water partition coefficient (Wildman–Crippen LogP) is 2.17. The van der Waals surface area contributed by atoms with Crippen LogP contribution in [0, 0.1) is 5.92 Å². The fourth-order valence-corrected chi connectivity index (χ4v) is 2.98. The van der Waals surface area contributed by atoms with Crippen LogP contribution in [0.4, 0.5) is 5.82 Å². The molecule has 3 rings (SSSR count). The Morgan fingerprint density at radius 1 is 1.40 bits per heavy atom. The Labute approximate surface area is 119 Å². The van der Waals surface area contributed by atoms with Crippen LogP contribution in [0.5, 0.6) is 0 Å². The molecule has 4 heteroatoms. The molecule has 1 atom stereocenters. The van der Waals surface area contributed by atoms with Gasteiger partial charge in [0.25, 0.3) is 0 Å². The summed E-state index contributed by atoms with van der Waals surface area (Å²) in [7, 11) is 1.77. The van der Waals surface area contributed by atoms with E-state index in [0.29, 0.717) is 12.5 Å². The molecule has 0 radical (unpaired) electrons. The number of benzene rings is 1. The number of methoxy groups -OCH3 is 1. The van der Waals surface area contributed by atoms with E-state index in [2.05, 4.69) is 35.2 Å². The lowest BCUT2D eigenvalue weighted by molar-refractivity contribution is 0.161. The number of rotatable bonds is 4. The highest BCUT2D eigenvalue weighted by molar-refractivity contribution is 5.92. The first-order valence-corrected chi connectivity index (χ1v) is 7.14. The predicted molar refractivity (Wildman–Crippen MR) is 81.8 cm³/mol. The second kappa shape index (κ2) is 5.77. The minimum absolute atomic E-state index is 0.479. The molecule has 1 fully saturated rings. The van der Waals surface area contributed by atoms with Gasteiger partial charge in [-0.1, -0.05) is 24.3 Å². The maximum absolute atomic E-state index is 5.78. The number of hydrogen-bond donors (Lipinski definition) is 1. The maximum atomic E-state index is 5.78. The minimum Gasteiger partial charge on any atom is -0.384 e. The van der Waals surface area contributed by atoms with Crippen molar-refractivity contribution >= 4 is 16.6 Å². The molecule has 0 aliphatic carbocycles. The van der Waals surface area contributed by atoms with Gasteiger partial charge in [0.1, 0.15) is 5.82 Å². The minimum atomic E-state index is 0.479. The lowest BCUT2D eigenvalue weighted by Crippen LogP contribution is -2.23. The lowest BCUT2D eigenvalue weighted by atomic mass is 10.1. The van der Waals surface area contributed by atoms with Crippen LogP contribution < -0.4 is 10.6 Å². The molecular formula is C16H21N3O. The Kier molecular flexibility index (Phi) is 3.85. The normalized spacial score (nSPS) is 18.9. The van der Waals surface area contributed by atoms with Crippen molar-refractivity contribution in [2.45, 2.75) is 13.0 Å². The van der Waals surface area contributed by atoms with Gasteiger partial charge < -0.3 is 15.4 Å². The van der Waals surface area contributed by atoms with Crippen molar-refractivity contribution in [3.63, 3.8) is 0 Å². The van der Waals surface area contributed by atoms with E-state index in [9.17, 15) is 0 Å². The molecule has 0 bridgehead atoms. The number of anilines is 1. The summed E-state index contributed by atoms with van der Waals surface area (Å²) in [4.78, 5) is 7.12. The molecule has 106 valence electrons. The van der Waals surface area contributed by atoms with Crippen LogP contribution in [0.2, 0.25) is 0 Å². The first kappa shape index (κ1) is 13.3. The molecule has 0 spiro atoms. The largest absolute Gasteiger partial charge is 0.384 e. The van der Waals surface area contributed by atoms with Crippen LogP contribution in [-0.2, 0) is 11.3 Å². The molecule has 1 aromatic heterocycles. The van der Waals surface area contributed by atoms with Crippen molar-refractivity contribution in [3.05, 3.63) is 36.0 Å². The van der Waals surface area contributed by atoms with E-state index < -0.39 is 0 Å². The highest BCUT2D eigenvalue weighted by atomic mass is 16.5. The fourth-order valence-electron chi connectivity index (χ4n) is 2.98. The van der Waals surface area contributed by atoms with E-state index in [1.165, 1.54) is 10.8 Å². The third kappa shape index (κ3) is 2.49. The van der Waals surface area contributed by atoms with Crippen LogP contribution in [0.1, 0.15) is 12.1 Å². The molecule has 0 saturated carbocycles. The molecule has 1 aliphatic rings. The maximum Gasteiger partial charge on any atom is 0.136 e. The third-order valence-corrected chi connectivity index (χ3v) is 3.97. The van der Waals surface area contributed by atoms with E-state index in [0.717, 1.165) is 37.6 Å². The Morgan fingerprint density at radius 2 is 2.25 bits per heavy atom. The summed E-state index contributed by atoms with van der Waals surface area (Å²) in [5.74, 6) is 1.67. The van der Waals surface area contributed by atoms with Crippen molar-refractivity contribution in [2.75, 3.05) is 31.7 Å². The van der Waals surface area contributed by atoms with Crippen molar-refractivity contribution in [1.82, 2.24) is 4.98 Å². The van der Waals surface area contributed by atoms with Gasteiger partial charge in [-0.3, -0.25) is 0 Å². The van der Waals surface area contributed by atoms with Crippen molar-refractivity contribution < 1.29 is 4.74 Å². The standard InChI is InChI=1S/C16H21N3O/c1-20-11-12-6-7-19(10-12)16-15-5-3-2-4-13(15)8-14(9-17)18-16/h2-5,8,12H,6-7,9-11,17H2,1H3. The van der Waals surface area contributed by atoms with Crippen molar-refractivity contribution in [3.8, 4) is 0 Å². The van der Waals surface area contributed by atoms with Crippen LogP contribution >= 0.6 is 0 Å². The Balaban J connectivity index is 1.98. The quantitative estimate of drug-likeness (QED) is 0.926. The van der Waals surface area contributed by atoms with Crippen molar-refractivity contribution in [2.24, 2.45) is 11.7 Å². The van der Waals surface area contributed by atoms with Gasteiger partial charge in [0.05, 0.1) is 12.3 Å². The number of nitrogens with zero attached hydrogens (tertiary/aromatic N) is 2. The molecule has 2 aromatic rings. The highest BCUT2D eigenvalue weighted by Gasteiger charge is 2.24. The van der Waals surface area contributed by atoms with Gasteiger partial charge in [-0.2, -0.15) is 0 Å². The van der Waals surface area contributed by atoms with Crippen LogP contribution in [-0.4, -0.2) is 31.8 Å². The van der Waals surface area contributed by atoms with Gasteiger partial charge in [0.15, 0.2) is 0 Å². The topological polar surface area (TPSA) is 51.4 Å². The third-order valence-electron chi connectivity index (χ3n) is 3.97. The summed E-state index contributed by atoms with van der Waals surface area (Å²) in [5, 5.41) is 2.43. The van der Waals surface area contributed by atoms with Gasteiger partial charge in [0, 0.05) is 38.0 Å². The number of ether oxygens (including phenoxy) is 1. The van der Waals surface area contributed by atoms with Gasteiger partial charge in [-0.05, 0) is 17.9 Å². The molecule has 0 amide bonds. The number of pyridine rings is 1. The number of fused-ring (bicyclic) bond motifs is 1.